The van der Waals surface area contributed by atoms with Crippen molar-refractivity contribution in [1.29, 1.82) is 0 Å². The second-order valence-electron chi connectivity index (χ2n) is 12.3. The van der Waals surface area contributed by atoms with Crippen molar-refractivity contribution in [3.63, 3.8) is 0 Å². The van der Waals surface area contributed by atoms with Crippen molar-refractivity contribution in [1.82, 2.24) is 0 Å². The molecule has 8 rings (SSSR count). The third-order valence-electron chi connectivity index (χ3n) is 10.3. The first-order chi connectivity index (χ1) is 23.4. The van der Waals surface area contributed by atoms with Crippen LogP contribution in [0.3, 0.4) is 0 Å². The van der Waals surface area contributed by atoms with Crippen molar-refractivity contribution in [3.05, 3.63) is 159 Å². The molecule has 5 aromatic rings. The van der Waals surface area contributed by atoms with Crippen molar-refractivity contribution in [2.75, 3.05) is 19.1 Å². The van der Waals surface area contributed by atoms with Crippen LogP contribution in [-0.2, 0) is 25.2 Å². The number of ketones is 1. The molecule has 2 fully saturated rings. The lowest BCUT2D eigenvalue weighted by atomic mass is 9.59. The topological polar surface area (TPSA) is 72.9 Å². The monoisotopic (exact) mass is 743 g/mol. The van der Waals surface area contributed by atoms with Gasteiger partial charge in [0, 0.05) is 3.57 Å². The summed E-state index contributed by atoms with van der Waals surface area (Å²) in [6, 6.07) is 41.7. The number of carbonyl (C=O) groups excluding carboxylic acids is 3. The van der Waals surface area contributed by atoms with Gasteiger partial charge in [-0.1, -0.05) is 91.0 Å². The molecule has 48 heavy (non-hydrogen) atoms. The summed E-state index contributed by atoms with van der Waals surface area (Å²) < 4.78 is 11.9. The van der Waals surface area contributed by atoms with E-state index < -0.39 is 22.7 Å². The molecule has 2 amide bonds. The minimum absolute atomic E-state index is 0.164. The number of hydrogen-bond acceptors (Lipinski definition) is 5. The van der Waals surface area contributed by atoms with Crippen LogP contribution in [0.5, 0.6) is 11.5 Å². The number of hydrogen-bond donors (Lipinski definition) is 0. The van der Waals surface area contributed by atoms with Gasteiger partial charge >= 0.3 is 0 Å². The van der Waals surface area contributed by atoms with E-state index in [1.165, 1.54) is 4.90 Å². The summed E-state index contributed by atoms with van der Waals surface area (Å²) >= 11 is 2.19. The van der Waals surface area contributed by atoms with Gasteiger partial charge in [-0.05, 0) is 98.5 Å². The number of ether oxygens (including phenoxy) is 2. The number of nitrogens with zero attached hydrogens (tertiary/aromatic N) is 1. The molecule has 3 aliphatic rings. The standard InChI is InChI=1S/C41H30INO5/c1-47-31-20-16-25(17-21-31)33-34(26-18-22-32(48-2)23-19-26)41(28-12-7-4-8-13-28)36-35(40(33,39(41)46)27-10-5-3-6-11-27)37(44)43(38(36)45)30-15-9-14-29(42)24-30/h3-24,35-36H,1-2H3/t35-,36+,40-,41-/m1/s1. The molecule has 1 saturated heterocycles. The number of imide groups is 1. The third kappa shape index (κ3) is 3.94. The number of fused-ring (bicyclic) bond motifs is 5. The van der Waals surface area contributed by atoms with Gasteiger partial charge in [0.1, 0.15) is 11.5 Å². The molecule has 1 heterocycles. The van der Waals surface area contributed by atoms with Gasteiger partial charge in [-0.2, -0.15) is 0 Å². The number of carbonyl (C=O) groups is 3. The van der Waals surface area contributed by atoms with Crippen LogP contribution in [-0.4, -0.2) is 31.8 Å². The van der Waals surface area contributed by atoms with Crippen molar-refractivity contribution in [2.24, 2.45) is 11.8 Å². The zero-order chi connectivity index (χ0) is 33.2. The second-order valence-corrected chi connectivity index (χ2v) is 13.6. The second kappa shape index (κ2) is 11.3. The molecule has 6 nitrogen and oxygen atoms in total. The smallest absolute Gasteiger partial charge is 0.239 e. The molecule has 0 radical (unpaired) electrons. The summed E-state index contributed by atoms with van der Waals surface area (Å²) in [6.07, 6.45) is 0. The van der Waals surface area contributed by atoms with Gasteiger partial charge in [0.05, 0.1) is 42.6 Å². The van der Waals surface area contributed by atoms with Crippen molar-refractivity contribution >= 4 is 57.0 Å². The van der Waals surface area contributed by atoms with Crippen molar-refractivity contribution < 1.29 is 23.9 Å². The van der Waals surface area contributed by atoms with E-state index in [-0.39, 0.29) is 17.6 Å². The molecule has 7 heteroatoms. The summed E-state index contributed by atoms with van der Waals surface area (Å²) in [5, 5.41) is 0. The number of Topliss-reactive ketones (excluding diaryl/α,β-unsaturated/α-hetero) is 1. The summed E-state index contributed by atoms with van der Waals surface area (Å²) in [6.45, 7) is 0. The normalized spacial score (nSPS) is 24.3. The summed E-state index contributed by atoms with van der Waals surface area (Å²) in [4.78, 5) is 47.5. The average molecular weight is 744 g/mol. The highest BCUT2D eigenvalue weighted by Crippen LogP contribution is 2.74. The summed E-state index contributed by atoms with van der Waals surface area (Å²) in [7, 11) is 3.22. The molecule has 0 spiro atoms. The Morgan fingerprint density at radius 2 is 1.00 bits per heavy atom. The van der Waals surface area contributed by atoms with Crippen LogP contribution in [0.2, 0.25) is 0 Å². The first-order valence-electron chi connectivity index (χ1n) is 15.7. The Morgan fingerprint density at radius 1 is 0.562 bits per heavy atom. The number of anilines is 1. The van der Waals surface area contributed by atoms with E-state index >= 15 is 14.4 Å². The number of allylic oxidation sites excluding steroid dienone is 2. The SMILES string of the molecule is COc1ccc(C2=C(c3ccc(OC)cc3)[C@@]3(c4ccccc4)C(=O)[C@@]2(c2ccccc2)[C@@H]2C(=O)N(c4cccc(I)c4)C(=O)[C@@H]23)cc1. The van der Waals surface area contributed by atoms with Crippen LogP contribution < -0.4 is 14.4 Å². The Labute approximate surface area is 292 Å². The first kappa shape index (κ1) is 30.3. The van der Waals surface area contributed by atoms with Crippen molar-refractivity contribution in [3.8, 4) is 11.5 Å². The van der Waals surface area contributed by atoms with E-state index in [4.69, 9.17) is 9.47 Å². The molecule has 0 N–H and O–H groups in total. The lowest BCUT2D eigenvalue weighted by Gasteiger charge is -2.39. The van der Waals surface area contributed by atoms with Gasteiger partial charge in [0.25, 0.3) is 0 Å². The van der Waals surface area contributed by atoms with Gasteiger partial charge in [-0.3, -0.25) is 14.4 Å². The summed E-state index contributed by atoms with van der Waals surface area (Å²) in [5.41, 5.74) is 1.92. The van der Waals surface area contributed by atoms with Crippen LogP contribution in [0.1, 0.15) is 22.3 Å². The lowest BCUT2D eigenvalue weighted by Crippen LogP contribution is -2.45. The van der Waals surface area contributed by atoms with E-state index in [1.807, 2.05) is 127 Å². The Balaban J connectivity index is 1.55. The molecule has 236 valence electrons. The Morgan fingerprint density at radius 3 is 1.40 bits per heavy atom. The average Bonchev–Trinajstić information content (AvgIpc) is 3.64. The minimum Gasteiger partial charge on any atom is -0.497 e. The van der Waals surface area contributed by atoms with E-state index in [0.29, 0.717) is 28.3 Å². The predicted molar refractivity (Wildman–Crippen MR) is 193 cm³/mol. The molecule has 2 aliphatic carbocycles. The Kier molecular flexibility index (Phi) is 7.14. The summed E-state index contributed by atoms with van der Waals surface area (Å²) in [5.74, 6) is -1.55. The van der Waals surface area contributed by atoms with Gasteiger partial charge in [0.15, 0.2) is 5.78 Å². The fraction of sp³-hybridized carbons (Fsp3) is 0.146. The van der Waals surface area contributed by atoms with E-state index in [0.717, 1.165) is 25.8 Å². The predicted octanol–water partition coefficient (Wildman–Crippen LogP) is 7.50. The molecule has 1 saturated carbocycles. The van der Waals surface area contributed by atoms with Crippen molar-refractivity contribution in [2.45, 2.75) is 10.8 Å². The van der Waals surface area contributed by atoms with Crippen LogP contribution >= 0.6 is 22.6 Å². The molecule has 2 bridgehead atoms. The number of rotatable bonds is 7. The minimum atomic E-state index is -1.48. The fourth-order valence-electron chi connectivity index (χ4n) is 8.51. The van der Waals surface area contributed by atoms with Crippen LogP contribution in [0, 0.1) is 15.4 Å². The lowest BCUT2D eigenvalue weighted by molar-refractivity contribution is -0.130. The number of halogens is 1. The maximum absolute atomic E-state index is 16.0. The highest BCUT2D eigenvalue weighted by Gasteiger charge is 2.82. The van der Waals surface area contributed by atoms with Gasteiger partial charge in [-0.25, -0.2) is 4.90 Å². The number of benzene rings is 5. The highest BCUT2D eigenvalue weighted by molar-refractivity contribution is 14.1. The molecule has 0 aromatic heterocycles. The van der Waals surface area contributed by atoms with Crippen LogP contribution in [0.25, 0.3) is 11.1 Å². The zero-order valence-electron chi connectivity index (χ0n) is 26.2. The van der Waals surface area contributed by atoms with Gasteiger partial charge in [-0.15, -0.1) is 0 Å². The number of methoxy groups -OCH3 is 2. The largest absolute Gasteiger partial charge is 0.497 e. The van der Waals surface area contributed by atoms with Crippen LogP contribution in [0.4, 0.5) is 5.69 Å². The third-order valence-corrected chi connectivity index (χ3v) is 10.9. The maximum Gasteiger partial charge on any atom is 0.239 e. The highest BCUT2D eigenvalue weighted by atomic mass is 127. The molecular formula is C41H30INO5. The van der Waals surface area contributed by atoms with Gasteiger partial charge < -0.3 is 9.47 Å². The Bertz CT molecular complexity index is 2000. The zero-order valence-corrected chi connectivity index (χ0v) is 28.4. The maximum atomic E-state index is 16.0. The molecular weight excluding hydrogens is 713 g/mol. The van der Waals surface area contributed by atoms with E-state index in [2.05, 4.69) is 22.6 Å². The van der Waals surface area contributed by atoms with E-state index in [1.54, 1.807) is 20.3 Å². The Hall–Kier alpha value is -5.02. The quantitative estimate of drug-likeness (QED) is 0.128. The molecule has 0 unspecified atom stereocenters. The molecule has 4 atom stereocenters. The van der Waals surface area contributed by atoms with Gasteiger partial charge in [0.2, 0.25) is 11.8 Å². The fourth-order valence-corrected chi connectivity index (χ4v) is 9.04. The molecule has 1 aliphatic heterocycles. The first-order valence-corrected chi connectivity index (χ1v) is 16.8. The van der Waals surface area contributed by atoms with Crippen LogP contribution in [0.15, 0.2) is 133 Å². The van der Waals surface area contributed by atoms with E-state index in [9.17, 15) is 0 Å². The number of amides is 2. The molecule has 5 aromatic carbocycles.